The summed E-state index contributed by atoms with van der Waals surface area (Å²) >= 11 is 0. The van der Waals surface area contributed by atoms with E-state index < -0.39 is 5.66 Å². The topological polar surface area (TPSA) is 52.0 Å². The first-order chi connectivity index (χ1) is 8.19. The quantitative estimate of drug-likeness (QED) is 0.600. The smallest absolute Gasteiger partial charge is 0.0969 e. The zero-order valence-electron chi connectivity index (χ0n) is 9.89. The minimum atomic E-state index is -0.743. The molecule has 1 atom stereocenters. The van der Waals surface area contributed by atoms with Gasteiger partial charge in [-0.1, -0.05) is 42.5 Å². The minimum absolute atomic E-state index is 0.253. The van der Waals surface area contributed by atoms with E-state index in [0.29, 0.717) is 0 Å². The summed E-state index contributed by atoms with van der Waals surface area (Å²) in [6.07, 6.45) is 11.8. The van der Waals surface area contributed by atoms with Crippen LogP contribution in [0.3, 0.4) is 0 Å². The van der Waals surface area contributed by atoms with Gasteiger partial charge in [-0.05, 0) is 36.0 Å². The van der Waals surface area contributed by atoms with Gasteiger partial charge in [0.05, 0.1) is 5.66 Å². The van der Waals surface area contributed by atoms with E-state index >= 15 is 0 Å². The van der Waals surface area contributed by atoms with Crippen LogP contribution in [0.2, 0.25) is 0 Å². The van der Waals surface area contributed by atoms with Gasteiger partial charge in [-0.25, -0.2) is 0 Å². The van der Waals surface area contributed by atoms with Gasteiger partial charge >= 0.3 is 0 Å². The van der Waals surface area contributed by atoms with Crippen LogP contribution in [0.1, 0.15) is 29.5 Å². The van der Waals surface area contributed by atoms with E-state index in [4.69, 9.17) is 11.5 Å². The van der Waals surface area contributed by atoms with Crippen LogP contribution in [-0.2, 0) is 12.1 Å². The van der Waals surface area contributed by atoms with Crippen molar-refractivity contribution in [2.45, 2.75) is 24.9 Å². The maximum absolute atomic E-state index is 6.41. The molecule has 17 heavy (non-hydrogen) atoms. The number of fused-ring (bicyclic) bond motifs is 1. The van der Waals surface area contributed by atoms with Crippen LogP contribution in [0.25, 0.3) is 6.08 Å². The van der Waals surface area contributed by atoms with Crippen molar-refractivity contribution in [3.8, 4) is 0 Å². The van der Waals surface area contributed by atoms with Gasteiger partial charge < -0.3 is 11.5 Å². The third kappa shape index (κ3) is 1.65. The molecule has 0 amide bonds. The van der Waals surface area contributed by atoms with E-state index in [1.54, 1.807) is 0 Å². The molecular formula is C15H18N2. The lowest BCUT2D eigenvalue weighted by molar-refractivity contribution is 0.334. The molecule has 4 N–H and O–H groups in total. The van der Waals surface area contributed by atoms with Crippen molar-refractivity contribution in [2.24, 2.45) is 17.4 Å². The highest BCUT2D eigenvalue weighted by molar-refractivity contribution is 5.64. The second-order valence-electron chi connectivity index (χ2n) is 5.03. The van der Waals surface area contributed by atoms with E-state index in [2.05, 4.69) is 42.5 Å². The van der Waals surface area contributed by atoms with Gasteiger partial charge in [0, 0.05) is 5.92 Å². The van der Waals surface area contributed by atoms with E-state index in [1.807, 2.05) is 0 Å². The Morgan fingerprint density at radius 1 is 1.18 bits per heavy atom. The van der Waals surface area contributed by atoms with Gasteiger partial charge in [-0.3, -0.25) is 0 Å². The average Bonchev–Trinajstić information content (AvgIpc) is 2.99. The fourth-order valence-electron chi connectivity index (χ4n) is 2.90. The summed E-state index contributed by atoms with van der Waals surface area (Å²) in [7, 11) is 0. The monoisotopic (exact) mass is 226 g/mol. The molecule has 1 unspecified atom stereocenters. The average molecular weight is 226 g/mol. The molecular weight excluding hydrogens is 208 g/mol. The summed E-state index contributed by atoms with van der Waals surface area (Å²) < 4.78 is 0. The summed E-state index contributed by atoms with van der Waals surface area (Å²) in [5, 5.41) is 0. The molecule has 0 saturated carbocycles. The van der Waals surface area contributed by atoms with E-state index in [1.165, 1.54) is 11.1 Å². The van der Waals surface area contributed by atoms with Crippen LogP contribution in [0.5, 0.6) is 0 Å². The Morgan fingerprint density at radius 2 is 2.06 bits per heavy atom. The molecule has 3 rings (SSSR count). The first kappa shape index (κ1) is 10.8. The fourth-order valence-corrected chi connectivity index (χ4v) is 2.90. The van der Waals surface area contributed by atoms with Crippen LogP contribution in [0.4, 0.5) is 0 Å². The Morgan fingerprint density at radius 3 is 2.82 bits per heavy atom. The second-order valence-corrected chi connectivity index (χ2v) is 5.03. The minimum Gasteiger partial charge on any atom is -0.309 e. The lowest BCUT2D eigenvalue weighted by Gasteiger charge is -2.32. The SMILES string of the molecule is NC(N)(c1cccc2c1C=CC2)C1C=CCC1. The zero-order chi connectivity index (χ0) is 11.9. The highest BCUT2D eigenvalue weighted by atomic mass is 15.0. The molecule has 2 heteroatoms. The third-order valence-corrected chi connectivity index (χ3v) is 3.91. The van der Waals surface area contributed by atoms with Gasteiger partial charge in [-0.2, -0.15) is 0 Å². The predicted molar refractivity (Wildman–Crippen MR) is 71.1 cm³/mol. The molecule has 0 heterocycles. The number of benzene rings is 1. The van der Waals surface area contributed by atoms with Gasteiger partial charge in [-0.15, -0.1) is 0 Å². The van der Waals surface area contributed by atoms with Gasteiger partial charge in [0.15, 0.2) is 0 Å². The molecule has 0 spiro atoms. The normalized spacial score (nSPS) is 22.1. The first-order valence-electron chi connectivity index (χ1n) is 6.23. The van der Waals surface area contributed by atoms with Gasteiger partial charge in [0.25, 0.3) is 0 Å². The lowest BCUT2D eigenvalue weighted by Crippen LogP contribution is -2.51. The van der Waals surface area contributed by atoms with Crippen molar-refractivity contribution >= 4 is 6.08 Å². The molecule has 1 aromatic rings. The summed E-state index contributed by atoms with van der Waals surface area (Å²) in [6, 6.07) is 6.29. The molecule has 0 radical (unpaired) electrons. The third-order valence-electron chi connectivity index (χ3n) is 3.91. The largest absolute Gasteiger partial charge is 0.309 e. The van der Waals surface area contributed by atoms with Crippen molar-refractivity contribution in [3.63, 3.8) is 0 Å². The summed E-state index contributed by atoms with van der Waals surface area (Å²) in [4.78, 5) is 0. The molecule has 2 aliphatic carbocycles. The number of rotatable bonds is 2. The number of nitrogens with two attached hydrogens (primary N) is 2. The molecule has 0 aromatic heterocycles. The highest BCUT2D eigenvalue weighted by Crippen LogP contribution is 2.35. The van der Waals surface area contributed by atoms with Crippen LogP contribution < -0.4 is 11.5 Å². The number of allylic oxidation sites excluding steroid dienone is 2. The maximum Gasteiger partial charge on any atom is 0.0969 e. The maximum atomic E-state index is 6.41. The fraction of sp³-hybridized carbons (Fsp3) is 0.333. The van der Waals surface area contributed by atoms with Crippen molar-refractivity contribution < 1.29 is 0 Å². The van der Waals surface area contributed by atoms with Crippen LogP contribution in [-0.4, -0.2) is 0 Å². The summed E-state index contributed by atoms with van der Waals surface area (Å²) in [6.45, 7) is 0. The van der Waals surface area contributed by atoms with Crippen molar-refractivity contribution in [3.05, 3.63) is 53.1 Å². The molecule has 2 nitrogen and oxygen atoms in total. The molecule has 1 aromatic carbocycles. The van der Waals surface area contributed by atoms with Crippen molar-refractivity contribution in [2.75, 3.05) is 0 Å². The Kier molecular flexibility index (Phi) is 2.42. The predicted octanol–water partition coefficient (Wildman–Crippen LogP) is 2.29. The zero-order valence-corrected chi connectivity index (χ0v) is 9.89. The van der Waals surface area contributed by atoms with E-state index in [9.17, 15) is 0 Å². The van der Waals surface area contributed by atoms with Crippen molar-refractivity contribution in [1.29, 1.82) is 0 Å². The highest BCUT2D eigenvalue weighted by Gasteiger charge is 2.34. The summed E-state index contributed by atoms with van der Waals surface area (Å²) in [5.74, 6) is 0.253. The standard InChI is InChI=1S/C15H18N2/c16-15(17,12-7-1-2-8-12)14-10-4-6-11-5-3-9-13(11)14/h1,3-4,6-7,9-10,12H,2,5,8,16-17H2. The second kappa shape index (κ2) is 3.83. The Hall–Kier alpha value is -1.38. The molecule has 0 saturated heterocycles. The first-order valence-corrected chi connectivity index (χ1v) is 6.23. The van der Waals surface area contributed by atoms with Gasteiger partial charge in [0.1, 0.15) is 0 Å². The Labute approximate surface area is 102 Å². The lowest BCUT2D eigenvalue weighted by atomic mass is 9.83. The molecule has 0 bridgehead atoms. The number of hydrogen-bond acceptors (Lipinski definition) is 2. The van der Waals surface area contributed by atoms with Crippen molar-refractivity contribution in [1.82, 2.24) is 0 Å². The van der Waals surface area contributed by atoms with Crippen LogP contribution in [0, 0.1) is 5.92 Å². The molecule has 0 fully saturated rings. The molecule has 88 valence electrons. The van der Waals surface area contributed by atoms with E-state index in [-0.39, 0.29) is 5.92 Å². The molecule has 0 aliphatic heterocycles. The summed E-state index contributed by atoms with van der Waals surface area (Å²) in [5.41, 5.74) is 15.7. The number of hydrogen-bond donors (Lipinski definition) is 2. The Bertz CT molecular complexity index is 498. The van der Waals surface area contributed by atoms with Crippen LogP contribution in [0.15, 0.2) is 36.4 Å². The molecule has 2 aliphatic rings. The van der Waals surface area contributed by atoms with Gasteiger partial charge in [0.2, 0.25) is 0 Å². The Balaban J connectivity index is 2.06. The van der Waals surface area contributed by atoms with E-state index in [0.717, 1.165) is 24.8 Å². The van der Waals surface area contributed by atoms with Crippen LogP contribution >= 0.6 is 0 Å².